The fraction of sp³-hybridized carbons (Fsp3) is 0.308. The molecule has 1 aliphatic rings. The summed E-state index contributed by atoms with van der Waals surface area (Å²) in [6.07, 6.45) is 0. The quantitative estimate of drug-likeness (QED) is 0.627. The normalized spacial score (nSPS) is 15.8. The van der Waals surface area contributed by atoms with Gasteiger partial charge in [-0.25, -0.2) is 0 Å². The molecule has 0 aliphatic carbocycles. The largest absolute Gasteiger partial charge is 0.336 e. The van der Waals surface area contributed by atoms with Gasteiger partial charge < -0.3 is 9.80 Å². The highest BCUT2D eigenvalue weighted by molar-refractivity contribution is 6.37. The molecule has 1 aromatic rings. The van der Waals surface area contributed by atoms with Crippen LogP contribution >= 0.6 is 23.2 Å². The van der Waals surface area contributed by atoms with E-state index in [4.69, 9.17) is 23.2 Å². The Bertz CT molecular complexity index is 589. The number of amides is 2. The number of carbonyl (C=O) groups is 3. The van der Waals surface area contributed by atoms with Crippen LogP contribution in [0.1, 0.15) is 10.4 Å². The number of hydrogen-bond donors (Lipinski definition) is 0. The summed E-state index contributed by atoms with van der Waals surface area (Å²) in [5.74, 6) is -1.60. The summed E-state index contributed by atoms with van der Waals surface area (Å²) in [6, 6.07) is 4.53. The molecule has 0 atom stereocenters. The van der Waals surface area contributed by atoms with Crippen LogP contribution in [0.4, 0.5) is 0 Å². The molecule has 0 unspecified atom stereocenters. The highest BCUT2D eigenvalue weighted by atomic mass is 35.5. The van der Waals surface area contributed by atoms with Crippen molar-refractivity contribution in [3.8, 4) is 0 Å². The van der Waals surface area contributed by atoms with Gasteiger partial charge in [0.05, 0.1) is 11.6 Å². The molecule has 106 valence electrons. The first-order valence-electron chi connectivity index (χ1n) is 5.93. The zero-order valence-corrected chi connectivity index (χ0v) is 12.2. The van der Waals surface area contributed by atoms with Crippen molar-refractivity contribution in [2.75, 3.05) is 26.7 Å². The summed E-state index contributed by atoms with van der Waals surface area (Å²) in [4.78, 5) is 38.0. The van der Waals surface area contributed by atoms with Crippen molar-refractivity contribution in [1.82, 2.24) is 9.80 Å². The number of benzene rings is 1. The van der Waals surface area contributed by atoms with Gasteiger partial charge in [-0.2, -0.15) is 0 Å². The topological polar surface area (TPSA) is 57.7 Å². The molecule has 2 rings (SSSR count). The maximum Gasteiger partial charge on any atom is 0.312 e. The Morgan fingerprint density at radius 2 is 1.90 bits per heavy atom. The summed E-state index contributed by atoms with van der Waals surface area (Å²) < 4.78 is 0. The van der Waals surface area contributed by atoms with Crippen molar-refractivity contribution in [3.05, 3.63) is 33.8 Å². The average Bonchev–Trinajstić information content (AvgIpc) is 2.39. The van der Waals surface area contributed by atoms with E-state index < -0.39 is 11.8 Å². The lowest BCUT2D eigenvalue weighted by Crippen LogP contribution is -2.54. The van der Waals surface area contributed by atoms with Crippen LogP contribution in [0.3, 0.4) is 0 Å². The number of ketones is 1. The molecule has 0 bridgehead atoms. The van der Waals surface area contributed by atoms with Crippen LogP contribution in [0.5, 0.6) is 0 Å². The van der Waals surface area contributed by atoms with Crippen LogP contribution in [0.15, 0.2) is 18.2 Å². The number of rotatable bonds is 3. The monoisotopic (exact) mass is 314 g/mol. The highest BCUT2D eigenvalue weighted by Crippen LogP contribution is 2.21. The molecule has 7 heteroatoms. The van der Waals surface area contributed by atoms with Crippen LogP contribution in [0.2, 0.25) is 10.0 Å². The van der Waals surface area contributed by atoms with E-state index in [9.17, 15) is 14.4 Å². The lowest BCUT2D eigenvalue weighted by atomic mass is 10.1. The summed E-state index contributed by atoms with van der Waals surface area (Å²) >= 11 is 11.7. The summed E-state index contributed by atoms with van der Waals surface area (Å²) in [7, 11) is 1.55. The molecular formula is C13H12Cl2N2O3. The van der Waals surface area contributed by atoms with E-state index in [-0.39, 0.29) is 22.9 Å². The van der Waals surface area contributed by atoms with Crippen LogP contribution in [-0.2, 0) is 9.59 Å². The lowest BCUT2D eigenvalue weighted by molar-refractivity contribution is -0.154. The second-order valence-electron chi connectivity index (χ2n) is 4.50. The third-order valence-corrected chi connectivity index (χ3v) is 3.64. The van der Waals surface area contributed by atoms with Crippen molar-refractivity contribution in [2.45, 2.75) is 0 Å². The Morgan fingerprint density at radius 1 is 1.20 bits per heavy atom. The Labute approximate surface area is 126 Å². The molecule has 0 saturated carbocycles. The first kappa shape index (κ1) is 14.8. The SMILES string of the molecule is CN1CCN(CC(=O)c2ccc(Cl)cc2Cl)C(=O)C1=O. The molecule has 0 N–H and O–H groups in total. The number of likely N-dealkylation sites (N-methyl/N-ethyl adjacent to an activating group) is 1. The van der Waals surface area contributed by atoms with Crippen molar-refractivity contribution in [1.29, 1.82) is 0 Å². The van der Waals surface area contributed by atoms with Crippen molar-refractivity contribution >= 4 is 40.8 Å². The van der Waals surface area contributed by atoms with Gasteiger partial charge in [0.1, 0.15) is 0 Å². The van der Waals surface area contributed by atoms with Crippen LogP contribution in [0, 0.1) is 0 Å². The third-order valence-electron chi connectivity index (χ3n) is 3.09. The van der Waals surface area contributed by atoms with Gasteiger partial charge in [0.25, 0.3) is 0 Å². The molecule has 20 heavy (non-hydrogen) atoms. The second kappa shape index (κ2) is 5.81. The van der Waals surface area contributed by atoms with Gasteiger partial charge in [0.2, 0.25) is 0 Å². The molecular weight excluding hydrogens is 303 g/mol. The molecule has 1 aliphatic heterocycles. The number of hydrogen-bond acceptors (Lipinski definition) is 3. The number of Topliss-reactive ketones (excluding diaryl/α,β-unsaturated/α-hetero) is 1. The highest BCUT2D eigenvalue weighted by Gasteiger charge is 2.31. The average molecular weight is 315 g/mol. The van der Waals surface area contributed by atoms with Gasteiger partial charge in [0.15, 0.2) is 5.78 Å². The fourth-order valence-corrected chi connectivity index (χ4v) is 2.41. The summed E-state index contributed by atoms with van der Waals surface area (Å²) in [6.45, 7) is 0.573. The predicted octanol–water partition coefficient (Wildman–Crippen LogP) is 1.48. The smallest absolute Gasteiger partial charge is 0.312 e. The lowest BCUT2D eigenvalue weighted by Gasteiger charge is -2.30. The van der Waals surface area contributed by atoms with Gasteiger partial charge in [0, 0.05) is 30.7 Å². The Kier molecular flexibility index (Phi) is 4.30. The Hall–Kier alpha value is -1.59. The van der Waals surface area contributed by atoms with Gasteiger partial charge in [-0.3, -0.25) is 14.4 Å². The molecule has 0 radical (unpaired) electrons. The van der Waals surface area contributed by atoms with Gasteiger partial charge in [-0.15, -0.1) is 0 Å². The van der Waals surface area contributed by atoms with Crippen LogP contribution in [0.25, 0.3) is 0 Å². The Balaban J connectivity index is 2.12. The number of halogens is 2. The van der Waals surface area contributed by atoms with E-state index in [1.807, 2.05) is 0 Å². The molecule has 1 saturated heterocycles. The van der Waals surface area contributed by atoms with Gasteiger partial charge in [-0.1, -0.05) is 23.2 Å². The molecule has 2 amide bonds. The standard InChI is InChI=1S/C13H12Cl2N2O3/c1-16-4-5-17(13(20)12(16)19)7-11(18)9-3-2-8(14)6-10(9)15/h2-3,6H,4-5,7H2,1H3. The minimum absolute atomic E-state index is 0.167. The predicted molar refractivity (Wildman–Crippen MR) is 75.0 cm³/mol. The third kappa shape index (κ3) is 2.94. The Morgan fingerprint density at radius 3 is 2.55 bits per heavy atom. The minimum Gasteiger partial charge on any atom is -0.336 e. The molecule has 1 fully saturated rings. The maximum atomic E-state index is 12.1. The first-order chi connectivity index (χ1) is 9.40. The van der Waals surface area contributed by atoms with E-state index in [0.29, 0.717) is 18.1 Å². The van der Waals surface area contributed by atoms with Gasteiger partial charge >= 0.3 is 11.8 Å². The summed E-state index contributed by atoms with van der Waals surface area (Å²) in [5, 5.41) is 0.660. The van der Waals surface area contributed by atoms with Crippen LogP contribution < -0.4 is 0 Å². The van der Waals surface area contributed by atoms with Crippen molar-refractivity contribution < 1.29 is 14.4 Å². The molecule has 0 aromatic heterocycles. The second-order valence-corrected chi connectivity index (χ2v) is 5.34. The van der Waals surface area contributed by atoms with E-state index in [0.717, 1.165) is 0 Å². The van der Waals surface area contributed by atoms with E-state index in [1.165, 1.54) is 21.9 Å². The van der Waals surface area contributed by atoms with Crippen LogP contribution in [-0.4, -0.2) is 54.1 Å². The van der Waals surface area contributed by atoms with E-state index >= 15 is 0 Å². The first-order valence-corrected chi connectivity index (χ1v) is 6.68. The number of carbonyl (C=O) groups excluding carboxylic acids is 3. The van der Waals surface area contributed by atoms with Crippen molar-refractivity contribution in [3.63, 3.8) is 0 Å². The van der Waals surface area contributed by atoms with Gasteiger partial charge in [-0.05, 0) is 18.2 Å². The number of piperazine rings is 1. The van der Waals surface area contributed by atoms with E-state index in [1.54, 1.807) is 13.1 Å². The number of nitrogens with zero attached hydrogens (tertiary/aromatic N) is 2. The minimum atomic E-state index is -0.669. The molecule has 5 nitrogen and oxygen atoms in total. The zero-order valence-electron chi connectivity index (χ0n) is 10.7. The molecule has 1 heterocycles. The summed E-state index contributed by atoms with van der Waals surface area (Å²) in [5.41, 5.74) is 0.287. The fourth-order valence-electron chi connectivity index (χ4n) is 1.90. The van der Waals surface area contributed by atoms with Crippen molar-refractivity contribution in [2.24, 2.45) is 0 Å². The molecule has 1 aromatic carbocycles. The van der Waals surface area contributed by atoms with E-state index in [2.05, 4.69) is 0 Å². The zero-order chi connectivity index (χ0) is 14.9. The molecule has 0 spiro atoms. The maximum absolute atomic E-state index is 12.1.